The lowest BCUT2D eigenvalue weighted by Crippen LogP contribution is -2.18. The summed E-state index contributed by atoms with van der Waals surface area (Å²) in [5.74, 6) is 5.81. The van der Waals surface area contributed by atoms with Gasteiger partial charge in [-0.3, -0.25) is 4.79 Å². The summed E-state index contributed by atoms with van der Waals surface area (Å²) in [6, 6.07) is 0. The van der Waals surface area contributed by atoms with Crippen LogP contribution in [0.4, 0.5) is 5.95 Å². The first-order valence-corrected chi connectivity index (χ1v) is 5.42. The summed E-state index contributed by atoms with van der Waals surface area (Å²) in [5.41, 5.74) is 5.40. The molecule has 1 aromatic rings. The fourth-order valence-corrected chi connectivity index (χ4v) is 1.30. The van der Waals surface area contributed by atoms with Crippen LogP contribution in [-0.4, -0.2) is 36.5 Å². The minimum absolute atomic E-state index is 0.104. The van der Waals surface area contributed by atoms with E-state index < -0.39 is 5.56 Å². The molecule has 1 aromatic heterocycles. The van der Waals surface area contributed by atoms with Gasteiger partial charge >= 0.3 is 0 Å². The maximum absolute atomic E-state index is 11.5. The highest BCUT2D eigenvalue weighted by Gasteiger charge is 2.04. The fraction of sp³-hybridized carbons (Fsp3) is 0.500. The van der Waals surface area contributed by atoms with E-state index in [4.69, 9.17) is 15.2 Å². The quantitative estimate of drug-likeness (QED) is 0.747. The number of nitrogen functional groups attached to an aromatic ring is 1. The van der Waals surface area contributed by atoms with E-state index in [0.717, 1.165) is 0 Å². The zero-order chi connectivity index (χ0) is 13.5. The smallest absolute Gasteiger partial charge is 0.290 e. The Morgan fingerprint density at radius 1 is 1.56 bits per heavy atom. The largest absolute Gasteiger partial charge is 0.382 e. The van der Waals surface area contributed by atoms with Crippen molar-refractivity contribution in [2.24, 2.45) is 7.05 Å². The van der Waals surface area contributed by atoms with Crippen LogP contribution in [0.3, 0.4) is 0 Å². The molecule has 1 unspecified atom stereocenters. The Morgan fingerprint density at radius 2 is 2.28 bits per heavy atom. The van der Waals surface area contributed by atoms with E-state index in [-0.39, 0.29) is 12.1 Å². The minimum Gasteiger partial charge on any atom is -0.382 e. The summed E-state index contributed by atoms with van der Waals surface area (Å²) in [4.78, 5) is 15.2. The van der Waals surface area contributed by atoms with Gasteiger partial charge in [0, 0.05) is 33.9 Å². The average Bonchev–Trinajstić information content (AvgIpc) is 2.34. The molecule has 0 bridgehead atoms. The van der Waals surface area contributed by atoms with Gasteiger partial charge in [0.25, 0.3) is 5.56 Å². The van der Waals surface area contributed by atoms with Crippen LogP contribution in [0, 0.1) is 11.8 Å². The summed E-state index contributed by atoms with van der Waals surface area (Å²) in [7, 11) is 4.89. The number of nitrogens with zero attached hydrogens (tertiary/aromatic N) is 2. The van der Waals surface area contributed by atoms with Gasteiger partial charge in [0.2, 0.25) is 5.95 Å². The maximum atomic E-state index is 11.5. The van der Waals surface area contributed by atoms with E-state index in [2.05, 4.69) is 16.8 Å². The van der Waals surface area contributed by atoms with Crippen LogP contribution in [0.2, 0.25) is 0 Å². The molecule has 0 aliphatic carbocycles. The third kappa shape index (κ3) is 3.87. The highest BCUT2D eigenvalue weighted by Crippen LogP contribution is 1.97. The molecule has 0 radical (unpaired) electrons. The summed E-state index contributed by atoms with van der Waals surface area (Å²) < 4.78 is 11.7. The van der Waals surface area contributed by atoms with Gasteiger partial charge in [-0.2, -0.15) is 4.98 Å². The molecule has 98 valence electrons. The van der Waals surface area contributed by atoms with Crippen molar-refractivity contribution in [1.82, 2.24) is 9.55 Å². The third-order valence-electron chi connectivity index (χ3n) is 2.37. The Labute approximate surface area is 106 Å². The highest BCUT2D eigenvalue weighted by atomic mass is 16.5. The van der Waals surface area contributed by atoms with E-state index in [1.165, 1.54) is 0 Å². The molecule has 0 spiro atoms. The van der Waals surface area contributed by atoms with E-state index in [9.17, 15) is 4.79 Å². The fourth-order valence-electron chi connectivity index (χ4n) is 1.30. The number of ether oxygens (including phenoxy) is 2. The minimum atomic E-state index is -0.418. The lowest BCUT2D eigenvalue weighted by Gasteiger charge is -2.09. The van der Waals surface area contributed by atoms with Gasteiger partial charge in [0.15, 0.2) is 0 Å². The Hall–Kier alpha value is -1.84. The standard InChI is InChI=1S/C12H17N3O3/c1-15-7-9(11(16)14-12(15)13)5-4-6-10(18-3)8-17-2/h7,10H,6,8H2,1-3H3,(H2,13,14,16). The normalized spacial score (nSPS) is 11.7. The molecule has 0 aliphatic rings. The van der Waals surface area contributed by atoms with Crippen molar-refractivity contribution < 1.29 is 9.47 Å². The summed E-state index contributed by atoms with van der Waals surface area (Å²) in [6.45, 7) is 0.461. The zero-order valence-electron chi connectivity index (χ0n) is 10.8. The average molecular weight is 251 g/mol. The van der Waals surface area contributed by atoms with Gasteiger partial charge in [-0.05, 0) is 0 Å². The van der Waals surface area contributed by atoms with Crippen LogP contribution < -0.4 is 11.3 Å². The van der Waals surface area contributed by atoms with Gasteiger partial charge in [0.05, 0.1) is 12.7 Å². The van der Waals surface area contributed by atoms with Gasteiger partial charge in [-0.1, -0.05) is 11.8 Å². The van der Waals surface area contributed by atoms with Crippen molar-refractivity contribution in [3.05, 3.63) is 22.1 Å². The van der Waals surface area contributed by atoms with Crippen LogP contribution >= 0.6 is 0 Å². The van der Waals surface area contributed by atoms with Crippen molar-refractivity contribution in [3.63, 3.8) is 0 Å². The molecule has 0 amide bonds. The second-order valence-corrected chi connectivity index (χ2v) is 3.75. The molecule has 0 saturated carbocycles. The third-order valence-corrected chi connectivity index (χ3v) is 2.37. The van der Waals surface area contributed by atoms with Gasteiger partial charge in [-0.15, -0.1) is 0 Å². The second-order valence-electron chi connectivity index (χ2n) is 3.75. The van der Waals surface area contributed by atoms with Crippen molar-refractivity contribution >= 4 is 5.95 Å². The molecular weight excluding hydrogens is 234 g/mol. The molecule has 1 atom stereocenters. The first-order chi connectivity index (χ1) is 8.58. The van der Waals surface area contributed by atoms with E-state index >= 15 is 0 Å². The van der Waals surface area contributed by atoms with E-state index in [1.807, 2.05) is 0 Å². The Balaban J connectivity index is 2.80. The number of nitrogens with two attached hydrogens (primary N) is 1. The zero-order valence-corrected chi connectivity index (χ0v) is 10.8. The first-order valence-electron chi connectivity index (χ1n) is 5.42. The van der Waals surface area contributed by atoms with Crippen molar-refractivity contribution in [3.8, 4) is 11.8 Å². The molecular formula is C12H17N3O3. The lowest BCUT2D eigenvalue weighted by molar-refractivity contribution is 0.0318. The predicted octanol–water partition coefficient (Wildman–Crippen LogP) is -0.234. The molecule has 0 aromatic carbocycles. The second kappa shape index (κ2) is 6.79. The van der Waals surface area contributed by atoms with Crippen molar-refractivity contribution in [1.29, 1.82) is 0 Å². The molecule has 1 heterocycles. The molecule has 0 aliphatic heterocycles. The number of anilines is 1. The lowest BCUT2D eigenvalue weighted by atomic mass is 10.2. The molecule has 1 rings (SSSR count). The van der Waals surface area contributed by atoms with Crippen LogP contribution in [0.15, 0.2) is 11.0 Å². The van der Waals surface area contributed by atoms with Crippen LogP contribution in [-0.2, 0) is 16.5 Å². The topological polar surface area (TPSA) is 79.4 Å². The Bertz CT molecular complexity index is 514. The molecule has 0 fully saturated rings. The molecule has 18 heavy (non-hydrogen) atoms. The SMILES string of the molecule is COCC(CC#Cc1cn(C)c(N)nc1=O)OC. The Morgan fingerprint density at radius 3 is 2.89 bits per heavy atom. The number of hydrogen-bond donors (Lipinski definition) is 1. The summed E-state index contributed by atoms with van der Waals surface area (Å²) >= 11 is 0. The van der Waals surface area contributed by atoms with Crippen LogP contribution in [0.5, 0.6) is 0 Å². The predicted molar refractivity (Wildman–Crippen MR) is 68.1 cm³/mol. The summed E-state index contributed by atoms with van der Waals surface area (Å²) in [6.07, 6.45) is 1.95. The molecule has 2 N–H and O–H groups in total. The number of aromatic nitrogens is 2. The maximum Gasteiger partial charge on any atom is 0.290 e. The monoisotopic (exact) mass is 251 g/mol. The number of methoxy groups -OCH3 is 2. The van der Waals surface area contributed by atoms with Crippen LogP contribution in [0.1, 0.15) is 12.0 Å². The number of hydrogen-bond acceptors (Lipinski definition) is 5. The molecule has 6 heteroatoms. The van der Waals surface area contributed by atoms with Crippen molar-refractivity contribution in [2.75, 3.05) is 26.6 Å². The first kappa shape index (κ1) is 14.2. The van der Waals surface area contributed by atoms with Gasteiger partial charge < -0.3 is 19.8 Å². The van der Waals surface area contributed by atoms with E-state index in [0.29, 0.717) is 18.6 Å². The Kier molecular flexibility index (Phi) is 5.36. The van der Waals surface area contributed by atoms with Gasteiger partial charge in [0.1, 0.15) is 5.56 Å². The molecule has 6 nitrogen and oxygen atoms in total. The van der Waals surface area contributed by atoms with Crippen molar-refractivity contribution in [2.45, 2.75) is 12.5 Å². The molecule has 0 saturated heterocycles. The number of rotatable bonds is 4. The highest BCUT2D eigenvalue weighted by molar-refractivity contribution is 5.33. The van der Waals surface area contributed by atoms with Crippen LogP contribution in [0.25, 0.3) is 0 Å². The number of aryl methyl sites for hydroxylation is 1. The van der Waals surface area contributed by atoms with Gasteiger partial charge in [-0.25, -0.2) is 0 Å². The summed E-state index contributed by atoms with van der Waals surface area (Å²) in [5, 5.41) is 0. The van der Waals surface area contributed by atoms with E-state index in [1.54, 1.807) is 32.0 Å².